The van der Waals surface area contributed by atoms with E-state index in [4.69, 9.17) is 10.8 Å². The van der Waals surface area contributed by atoms with E-state index in [9.17, 15) is 18.7 Å². The van der Waals surface area contributed by atoms with Gasteiger partial charge in [0.15, 0.2) is 5.65 Å². The Labute approximate surface area is 224 Å². The van der Waals surface area contributed by atoms with Gasteiger partial charge in [-0.2, -0.15) is 5.10 Å². The van der Waals surface area contributed by atoms with Gasteiger partial charge in [-0.25, -0.2) is 23.4 Å². The highest BCUT2D eigenvalue weighted by molar-refractivity contribution is 6.04. The molecule has 1 saturated carbocycles. The number of aromatic nitrogens is 4. The Morgan fingerprint density at radius 3 is 2.64 bits per heavy atom. The van der Waals surface area contributed by atoms with Gasteiger partial charge in [-0.05, 0) is 68.4 Å². The highest BCUT2D eigenvalue weighted by atomic mass is 19.3. The summed E-state index contributed by atoms with van der Waals surface area (Å²) < 4.78 is 29.3. The zero-order chi connectivity index (χ0) is 27.7. The Morgan fingerprint density at radius 2 is 1.90 bits per heavy atom. The molecule has 4 aromatic rings. The quantitative estimate of drug-likeness (QED) is 0.321. The third-order valence-electron chi connectivity index (χ3n) is 6.97. The molecule has 0 aliphatic heterocycles. The van der Waals surface area contributed by atoms with Crippen LogP contribution in [0.2, 0.25) is 0 Å². The molecule has 8 nitrogen and oxygen atoms in total. The molecule has 1 aliphatic carbocycles. The number of fused-ring (bicyclic) bond motifs is 1. The summed E-state index contributed by atoms with van der Waals surface area (Å²) in [6.07, 6.45) is 4.03. The Balaban J connectivity index is 1.44. The molecule has 2 aromatic carbocycles. The van der Waals surface area contributed by atoms with Crippen molar-refractivity contribution in [1.82, 2.24) is 19.7 Å². The van der Waals surface area contributed by atoms with Crippen LogP contribution >= 0.6 is 0 Å². The van der Waals surface area contributed by atoms with Gasteiger partial charge < -0.3 is 16.2 Å². The number of hydrogen-bond acceptors (Lipinski definition) is 6. The number of aryl methyl sites for hydroxylation is 1. The first-order valence-electron chi connectivity index (χ1n) is 12.7. The van der Waals surface area contributed by atoms with Crippen molar-refractivity contribution in [3.8, 4) is 11.8 Å². The fourth-order valence-corrected chi connectivity index (χ4v) is 4.74. The first-order valence-corrected chi connectivity index (χ1v) is 12.7. The lowest BCUT2D eigenvalue weighted by Crippen LogP contribution is -2.22. The number of carbonyl (C=O) groups is 1. The first kappa shape index (κ1) is 26.3. The van der Waals surface area contributed by atoms with E-state index >= 15 is 0 Å². The van der Waals surface area contributed by atoms with Gasteiger partial charge in [0.1, 0.15) is 17.8 Å². The number of nitrogens with one attached hydrogen (secondary N) is 1. The number of hydrogen-bond donors (Lipinski definition) is 3. The molecule has 0 bridgehead atoms. The molecule has 0 spiro atoms. The zero-order valence-electron chi connectivity index (χ0n) is 21.6. The van der Waals surface area contributed by atoms with Gasteiger partial charge in [0.05, 0.1) is 17.5 Å². The van der Waals surface area contributed by atoms with E-state index in [1.807, 2.05) is 17.7 Å². The minimum atomic E-state index is -3.05. The fourth-order valence-electron chi connectivity index (χ4n) is 4.74. The maximum atomic E-state index is 13.7. The number of anilines is 2. The second kappa shape index (κ2) is 10.4. The molecule has 1 fully saturated rings. The molecular weight excluding hydrogens is 502 g/mol. The topological polar surface area (TPSA) is 119 Å². The molecule has 2 heterocycles. The monoisotopic (exact) mass is 530 g/mol. The van der Waals surface area contributed by atoms with E-state index in [1.54, 1.807) is 12.1 Å². The molecule has 0 radical (unpaired) electrons. The lowest BCUT2D eigenvalue weighted by atomic mass is 9.93. The number of carbonyl (C=O) groups excluding carboxylic acids is 1. The van der Waals surface area contributed by atoms with Gasteiger partial charge in [0, 0.05) is 29.3 Å². The maximum absolute atomic E-state index is 13.7. The average molecular weight is 531 g/mol. The Hall–Kier alpha value is -4.36. The number of benzene rings is 2. The van der Waals surface area contributed by atoms with Crippen LogP contribution in [-0.4, -0.2) is 36.9 Å². The van der Waals surface area contributed by atoms with Crippen molar-refractivity contribution in [2.45, 2.75) is 57.6 Å². The SMILES string of the molecule is Cc1ccc(NC(=O)c2cccc(C(C)(F)F)c2)cc1C#Cc1nn(C2CCC(O)CC2)c2ncnc(N)c12. The highest BCUT2D eigenvalue weighted by Crippen LogP contribution is 2.32. The third kappa shape index (κ3) is 5.59. The maximum Gasteiger partial charge on any atom is 0.270 e. The summed E-state index contributed by atoms with van der Waals surface area (Å²) in [5, 5.41) is 18.0. The largest absolute Gasteiger partial charge is 0.393 e. The van der Waals surface area contributed by atoms with Crippen molar-refractivity contribution >= 4 is 28.4 Å². The molecule has 0 atom stereocenters. The van der Waals surface area contributed by atoms with E-state index in [1.165, 1.54) is 30.6 Å². The van der Waals surface area contributed by atoms with E-state index in [-0.39, 0.29) is 29.1 Å². The summed E-state index contributed by atoms with van der Waals surface area (Å²) >= 11 is 0. The third-order valence-corrected chi connectivity index (χ3v) is 6.97. The van der Waals surface area contributed by atoms with Crippen molar-refractivity contribution in [3.63, 3.8) is 0 Å². The van der Waals surface area contributed by atoms with E-state index in [2.05, 4.69) is 27.1 Å². The normalized spacial score (nSPS) is 17.5. The second-order valence-electron chi connectivity index (χ2n) is 9.92. The molecule has 10 heteroatoms. The van der Waals surface area contributed by atoms with Gasteiger partial charge in [-0.1, -0.05) is 24.1 Å². The number of halogens is 2. The zero-order valence-corrected chi connectivity index (χ0v) is 21.6. The van der Waals surface area contributed by atoms with Crippen LogP contribution in [0.4, 0.5) is 20.3 Å². The molecule has 2 aromatic heterocycles. The standard InChI is InChI=1S/C29H28F2N6O2/c1-17-6-8-21(35-28(39)19-4-3-5-20(14-19)29(2,30)31)15-18(17)7-13-24-25-26(32)33-16-34-27(25)37(36-24)22-9-11-23(38)12-10-22/h3-6,8,14-16,22-23,38H,9-12H2,1-2H3,(H,35,39)(H2,32,33,34). The minimum absolute atomic E-state index is 0.0761. The highest BCUT2D eigenvalue weighted by Gasteiger charge is 2.26. The summed E-state index contributed by atoms with van der Waals surface area (Å²) in [5.41, 5.74) is 9.14. The molecule has 1 aliphatic rings. The van der Waals surface area contributed by atoms with Crippen molar-refractivity contribution in [2.75, 3.05) is 11.1 Å². The van der Waals surface area contributed by atoms with E-state index in [0.717, 1.165) is 25.3 Å². The number of amides is 1. The van der Waals surface area contributed by atoms with Crippen molar-refractivity contribution in [3.05, 3.63) is 76.7 Å². The Bertz CT molecular complexity index is 1610. The number of nitrogen functional groups attached to an aromatic ring is 1. The van der Waals surface area contributed by atoms with Crippen LogP contribution in [0.15, 0.2) is 48.8 Å². The number of rotatable bonds is 4. The Morgan fingerprint density at radius 1 is 1.13 bits per heavy atom. The van der Waals surface area contributed by atoms with Gasteiger partial charge in [0.2, 0.25) is 0 Å². The molecule has 5 rings (SSSR count). The molecule has 200 valence electrons. The average Bonchev–Trinajstić information content (AvgIpc) is 3.29. The number of nitrogens with zero attached hydrogens (tertiary/aromatic N) is 4. The smallest absolute Gasteiger partial charge is 0.270 e. The summed E-state index contributed by atoms with van der Waals surface area (Å²) in [4.78, 5) is 21.3. The minimum Gasteiger partial charge on any atom is -0.393 e. The summed E-state index contributed by atoms with van der Waals surface area (Å²) in [5.74, 6) is 2.96. The molecule has 0 saturated heterocycles. The van der Waals surface area contributed by atoms with E-state index in [0.29, 0.717) is 40.8 Å². The number of nitrogens with two attached hydrogens (primary N) is 1. The van der Waals surface area contributed by atoms with Crippen molar-refractivity contribution in [2.24, 2.45) is 0 Å². The van der Waals surface area contributed by atoms with Gasteiger partial charge in [0.25, 0.3) is 11.8 Å². The van der Waals surface area contributed by atoms with Crippen LogP contribution in [0.5, 0.6) is 0 Å². The van der Waals surface area contributed by atoms with Gasteiger partial charge in [-0.15, -0.1) is 0 Å². The number of alkyl halides is 2. The van der Waals surface area contributed by atoms with Crippen LogP contribution in [-0.2, 0) is 5.92 Å². The van der Waals surface area contributed by atoms with Crippen LogP contribution in [0.1, 0.15) is 71.4 Å². The molecule has 0 unspecified atom stereocenters. The van der Waals surface area contributed by atoms with Gasteiger partial charge in [-0.3, -0.25) is 4.79 Å². The van der Waals surface area contributed by atoms with Crippen LogP contribution in [0.25, 0.3) is 11.0 Å². The number of aliphatic hydroxyl groups is 1. The van der Waals surface area contributed by atoms with E-state index < -0.39 is 11.8 Å². The first-order chi connectivity index (χ1) is 18.6. The summed E-state index contributed by atoms with van der Waals surface area (Å²) in [7, 11) is 0. The molecule has 39 heavy (non-hydrogen) atoms. The lowest BCUT2D eigenvalue weighted by Gasteiger charge is -2.25. The molecule has 4 N–H and O–H groups in total. The van der Waals surface area contributed by atoms with Gasteiger partial charge >= 0.3 is 0 Å². The molecule has 1 amide bonds. The predicted molar refractivity (Wildman–Crippen MR) is 144 cm³/mol. The Kier molecular flexibility index (Phi) is 7.02. The lowest BCUT2D eigenvalue weighted by molar-refractivity contribution is 0.0174. The van der Waals surface area contributed by atoms with Crippen LogP contribution in [0, 0.1) is 18.8 Å². The van der Waals surface area contributed by atoms with Crippen LogP contribution in [0.3, 0.4) is 0 Å². The number of aliphatic hydroxyl groups excluding tert-OH is 1. The summed E-state index contributed by atoms with van der Waals surface area (Å²) in [6, 6.07) is 10.7. The van der Waals surface area contributed by atoms with Crippen molar-refractivity contribution in [1.29, 1.82) is 0 Å². The predicted octanol–water partition coefficient (Wildman–Crippen LogP) is 4.96. The van der Waals surface area contributed by atoms with Crippen molar-refractivity contribution < 1.29 is 18.7 Å². The second-order valence-corrected chi connectivity index (χ2v) is 9.92. The fraction of sp³-hybridized carbons (Fsp3) is 0.310. The molecular formula is C29H28F2N6O2. The summed E-state index contributed by atoms with van der Waals surface area (Å²) in [6.45, 7) is 2.68. The van der Waals surface area contributed by atoms with Crippen LogP contribution < -0.4 is 11.1 Å².